The first-order chi connectivity index (χ1) is 9.17. The van der Waals surface area contributed by atoms with Gasteiger partial charge in [-0.3, -0.25) is 14.8 Å². The fourth-order valence-electron chi connectivity index (χ4n) is 1.88. The largest absolute Gasteiger partial charge is 0.506 e. The second kappa shape index (κ2) is 5.58. The molecule has 2 aromatic rings. The Morgan fingerprint density at radius 1 is 1.32 bits per heavy atom. The molecule has 5 heteroatoms. The SMILES string of the molecule is Cc1ncc(CO)c(Cc2cnccc2[C]=O)c1O. The van der Waals surface area contributed by atoms with Crippen LogP contribution in [-0.4, -0.2) is 26.5 Å². The Labute approximate surface area is 110 Å². The molecule has 0 bridgehead atoms. The van der Waals surface area contributed by atoms with E-state index in [9.17, 15) is 15.0 Å². The van der Waals surface area contributed by atoms with Crippen LogP contribution in [0.4, 0.5) is 0 Å². The van der Waals surface area contributed by atoms with Crippen molar-refractivity contribution in [1.82, 2.24) is 9.97 Å². The third-order valence-electron chi connectivity index (χ3n) is 2.98. The normalized spacial score (nSPS) is 10.4. The topological polar surface area (TPSA) is 83.3 Å². The van der Waals surface area contributed by atoms with Gasteiger partial charge in [-0.15, -0.1) is 0 Å². The number of aliphatic hydroxyl groups excluding tert-OH is 1. The van der Waals surface area contributed by atoms with Crippen LogP contribution in [0, 0.1) is 6.92 Å². The van der Waals surface area contributed by atoms with Gasteiger partial charge in [0.25, 0.3) is 0 Å². The second-order valence-electron chi connectivity index (χ2n) is 4.17. The van der Waals surface area contributed by atoms with E-state index in [0.29, 0.717) is 34.4 Å². The van der Waals surface area contributed by atoms with Crippen LogP contribution < -0.4 is 0 Å². The van der Waals surface area contributed by atoms with E-state index >= 15 is 0 Å². The molecule has 2 rings (SSSR count). The lowest BCUT2D eigenvalue weighted by molar-refractivity contribution is 0.279. The lowest BCUT2D eigenvalue weighted by atomic mass is 9.98. The molecule has 0 saturated carbocycles. The monoisotopic (exact) mass is 257 g/mol. The van der Waals surface area contributed by atoms with Gasteiger partial charge in [0, 0.05) is 41.7 Å². The van der Waals surface area contributed by atoms with Crippen molar-refractivity contribution < 1.29 is 15.0 Å². The number of carbonyl (C=O) groups excluding carboxylic acids is 1. The second-order valence-corrected chi connectivity index (χ2v) is 4.17. The maximum absolute atomic E-state index is 10.8. The van der Waals surface area contributed by atoms with Crippen molar-refractivity contribution in [2.45, 2.75) is 20.0 Å². The highest BCUT2D eigenvalue weighted by Crippen LogP contribution is 2.27. The van der Waals surface area contributed by atoms with E-state index in [2.05, 4.69) is 9.97 Å². The van der Waals surface area contributed by atoms with E-state index in [4.69, 9.17) is 0 Å². The maximum Gasteiger partial charge on any atom is 0.233 e. The summed E-state index contributed by atoms with van der Waals surface area (Å²) in [6, 6.07) is 1.56. The molecule has 0 aliphatic heterocycles. The van der Waals surface area contributed by atoms with Gasteiger partial charge >= 0.3 is 0 Å². The van der Waals surface area contributed by atoms with Crippen LogP contribution in [0.5, 0.6) is 5.75 Å². The first kappa shape index (κ1) is 13.2. The Morgan fingerprint density at radius 2 is 2.11 bits per heavy atom. The van der Waals surface area contributed by atoms with Crippen molar-refractivity contribution in [3.63, 3.8) is 0 Å². The van der Waals surface area contributed by atoms with Gasteiger partial charge < -0.3 is 10.2 Å². The average molecular weight is 257 g/mol. The summed E-state index contributed by atoms with van der Waals surface area (Å²) in [5.74, 6) is 0.0345. The van der Waals surface area contributed by atoms with Crippen LogP contribution in [0.1, 0.15) is 27.9 Å². The number of hydrogen-bond donors (Lipinski definition) is 2. The molecule has 0 amide bonds. The van der Waals surface area contributed by atoms with Gasteiger partial charge in [-0.1, -0.05) is 0 Å². The Kier molecular flexibility index (Phi) is 3.87. The van der Waals surface area contributed by atoms with Gasteiger partial charge in [0.1, 0.15) is 5.75 Å². The molecule has 0 aliphatic carbocycles. The Bertz CT molecular complexity index is 612. The summed E-state index contributed by atoms with van der Waals surface area (Å²) in [4.78, 5) is 18.8. The number of rotatable bonds is 4. The highest BCUT2D eigenvalue weighted by molar-refractivity contribution is 5.77. The molecule has 0 atom stereocenters. The molecule has 5 nitrogen and oxygen atoms in total. The quantitative estimate of drug-likeness (QED) is 0.854. The molecule has 0 fully saturated rings. The van der Waals surface area contributed by atoms with Gasteiger partial charge in [-0.2, -0.15) is 0 Å². The van der Waals surface area contributed by atoms with Crippen molar-refractivity contribution in [2.24, 2.45) is 0 Å². The number of aliphatic hydroxyl groups is 1. The van der Waals surface area contributed by atoms with Crippen molar-refractivity contribution in [1.29, 1.82) is 0 Å². The zero-order valence-electron chi connectivity index (χ0n) is 10.4. The first-order valence-electron chi connectivity index (χ1n) is 5.75. The van der Waals surface area contributed by atoms with Crippen molar-refractivity contribution in [3.05, 3.63) is 52.6 Å². The zero-order valence-corrected chi connectivity index (χ0v) is 10.4. The number of aromatic hydroxyl groups is 1. The van der Waals surface area contributed by atoms with Gasteiger partial charge in [0.05, 0.1) is 12.3 Å². The zero-order chi connectivity index (χ0) is 13.8. The van der Waals surface area contributed by atoms with Crippen LogP contribution in [-0.2, 0) is 17.8 Å². The molecule has 97 valence electrons. The van der Waals surface area contributed by atoms with E-state index in [1.807, 2.05) is 6.29 Å². The van der Waals surface area contributed by atoms with Crippen LogP contribution in [0.25, 0.3) is 0 Å². The molecular formula is C14H13N2O3. The molecule has 0 saturated heterocycles. The first-order valence-corrected chi connectivity index (χ1v) is 5.75. The Morgan fingerprint density at radius 3 is 2.79 bits per heavy atom. The number of aryl methyl sites for hydroxylation is 1. The third-order valence-corrected chi connectivity index (χ3v) is 2.98. The lowest BCUT2D eigenvalue weighted by Crippen LogP contribution is -2.02. The minimum atomic E-state index is -0.226. The number of nitrogens with zero attached hydrogens (tertiary/aromatic N) is 2. The van der Waals surface area contributed by atoms with Crippen molar-refractivity contribution >= 4 is 6.29 Å². The van der Waals surface area contributed by atoms with E-state index in [1.54, 1.807) is 19.2 Å². The molecule has 0 spiro atoms. The predicted molar refractivity (Wildman–Crippen MR) is 68.4 cm³/mol. The average Bonchev–Trinajstić information content (AvgIpc) is 2.44. The van der Waals surface area contributed by atoms with E-state index in [-0.39, 0.29) is 12.4 Å². The minimum Gasteiger partial charge on any atom is -0.506 e. The summed E-state index contributed by atoms with van der Waals surface area (Å²) in [6.45, 7) is 1.45. The smallest absolute Gasteiger partial charge is 0.233 e. The van der Waals surface area contributed by atoms with Gasteiger partial charge in [-0.05, 0) is 18.6 Å². The summed E-state index contributed by atoms with van der Waals surface area (Å²) in [7, 11) is 0. The highest BCUT2D eigenvalue weighted by Gasteiger charge is 2.14. The van der Waals surface area contributed by atoms with E-state index < -0.39 is 0 Å². The highest BCUT2D eigenvalue weighted by atomic mass is 16.3. The molecule has 2 aromatic heterocycles. The van der Waals surface area contributed by atoms with Gasteiger partial charge in [-0.25, -0.2) is 0 Å². The number of hydrogen-bond acceptors (Lipinski definition) is 5. The molecular weight excluding hydrogens is 244 g/mol. The van der Waals surface area contributed by atoms with Crippen molar-refractivity contribution in [2.75, 3.05) is 0 Å². The maximum atomic E-state index is 10.8. The Hall–Kier alpha value is -2.27. The van der Waals surface area contributed by atoms with Crippen molar-refractivity contribution in [3.8, 4) is 5.75 Å². The van der Waals surface area contributed by atoms with Gasteiger partial charge in [0.2, 0.25) is 6.29 Å². The number of aromatic nitrogens is 2. The summed E-state index contributed by atoms with van der Waals surface area (Å²) >= 11 is 0. The van der Waals surface area contributed by atoms with Crippen LogP contribution in [0.3, 0.4) is 0 Å². The Balaban J connectivity index is 2.48. The van der Waals surface area contributed by atoms with Crippen LogP contribution >= 0.6 is 0 Å². The van der Waals surface area contributed by atoms with E-state index in [0.717, 1.165) is 0 Å². The summed E-state index contributed by atoms with van der Waals surface area (Å²) in [5, 5.41) is 19.3. The standard InChI is InChI=1S/C14H13N2O3/c1-9-14(19)13(12(8-18)6-16-9)4-11-5-15-3-2-10(11)7-17/h2-3,5-6,18-19H,4,8H2,1H3. The molecule has 2 heterocycles. The predicted octanol–water partition coefficient (Wildman–Crippen LogP) is 1.03. The molecule has 0 aliphatic rings. The van der Waals surface area contributed by atoms with Gasteiger partial charge in [0.15, 0.2) is 0 Å². The third kappa shape index (κ3) is 2.61. The lowest BCUT2D eigenvalue weighted by Gasteiger charge is -2.12. The molecule has 19 heavy (non-hydrogen) atoms. The molecule has 1 radical (unpaired) electrons. The molecule has 2 N–H and O–H groups in total. The minimum absolute atomic E-state index is 0.0345. The van der Waals surface area contributed by atoms with E-state index in [1.165, 1.54) is 12.4 Å². The van der Waals surface area contributed by atoms with Crippen LogP contribution in [0.15, 0.2) is 24.7 Å². The summed E-state index contributed by atoms with van der Waals surface area (Å²) in [6.07, 6.45) is 6.71. The summed E-state index contributed by atoms with van der Waals surface area (Å²) in [5.41, 5.74) is 2.61. The molecule has 0 unspecified atom stereocenters. The fraction of sp³-hybridized carbons (Fsp3) is 0.214. The summed E-state index contributed by atoms with van der Waals surface area (Å²) < 4.78 is 0. The fourth-order valence-corrected chi connectivity index (χ4v) is 1.88. The molecule has 0 aromatic carbocycles. The van der Waals surface area contributed by atoms with Crippen LogP contribution in [0.2, 0.25) is 0 Å². The number of pyridine rings is 2.